The van der Waals surface area contributed by atoms with Gasteiger partial charge < -0.3 is 5.32 Å². The molecule has 0 aliphatic heterocycles. The van der Waals surface area contributed by atoms with Crippen LogP contribution in [0.25, 0.3) is 5.65 Å². The van der Waals surface area contributed by atoms with Crippen LogP contribution in [0.5, 0.6) is 0 Å². The van der Waals surface area contributed by atoms with Gasteiger partial charge in [0.25, 0.3) is 5.91 Å². The molecule has 1 N–H and O–H groups in total. The van der Waals surface area contributed by atoms with Crippen molar-refractivity contribution in [3.05, 3.63) is 78.4 Å². The molecule has 1 amide bonds. The van der Waals surface area contributed by atoms with E-state index in [0.717, 1.165) is 5.56 Å². The Hall–Kier alpha value is -3.48. The third kappa shape index (κ3) is 2.74. The van der Waals surface area contributed by atoms with Gasteiger partial charge in [0, 0.05) is 30.2 Å². The Labute approximate surface area is 137 Å². The monoisotopic (exact) mass is 318 g/mol. The molecule has 3 heterocycles. The van der Waals surface area contributed by atoms with Crippen LogP contribution >= 0.6 is 0 Å². The van der Waals surface area contributed by atoms with E-state index in [-0.39, 0.29) is 5.91 Å². The Balaban J connectivity index is 1.51. The van der Waals surface area contributed by atoms with Crippen molar-refractivity contribution in [2.75, 3.05) is 5.32 Å². The zero-order chi connectivity index (χ0) is 16.4. The molecule has 7 heteroatoms. The van der Waals surface area contributed by atoms with Gasteiger partial charge in [-0.15, -0.1) is 0 Å². The zero-order valence-corrected chi connectivity index (χ0v) is 12.7. The Bertz CT molecular complexity index is 972. The average Bonchev–Trinajstić information content (AvgIpc) is 3.27. The molecule has 0 saturated heterocycles. The number of nitrogens with zero attached hydrogens (tertiary/aromatic N) is 5. The van der Waals surface area contributed by atoms with Gasteiger partial charge >= 0.3 is 0 Å². The molecule has 4 rings (SSSR count). The molecule has 0 bridgehead atoms. The van der Waals surface area contributed by atoms with E-state index in [0.29, 0.717) is 23.6 Å². The number of amides is 1. The molecule has 0 aliphatic rings. The molecular formula is C17H14N6O. The first-order valence-electron chi connectivity index (χ1n) is 7.46. The van der Waals surface area contributed by atoms with Crippen molar-refractivity contribution < 1.29 is 4.79 Å². The first-order valence-corrected chi connectivity index (χ1v) is 7.46. The SMILES string of the molecule is O=C(Nc1ccnc2ccnn12)c1ccc(Cn2cccn2)cc1. The van der Waals surface area contributed by atoms with Crippen molar-refractivity contribution in [1.29, 1.82) is 0 Å². The lowest BCUT2D eigenvalue weighted by Gasteiger charge is -2.08. The molecule has 118 valence electrons. The third-order valence-corrected chi connectivity index (χ3v) is 3.65. The van der Waals surface area contributed by atoms with E-state index in [1.807, 2.05) is 29.1 Å². The predicted octanol–water partition coefficient (Wildman–Crippen LogP) is 2.23. The standard InChI is InChI=1S/C17H14N6O/c24-17(21-16-6-9-18-15-7-10-20-23(15)16)14-4-2-13(3-5-14)12-22-11-1-8-19-22/h1-11H,12H2,(H,21,24). The summed E-state index contributed by atoms with van der Waals surface area (Å²) in [5, 5.41) is 11.2. The van der Waals surface area contributed by atoms with Crippen LogP contribution in [0.2, 0.25) is 0 Å². The van der Waals surface area contributed by atoms with E-state index < -0.39 is 0 Å². The lowest BCUT2D eigenvalue weighted by Crippen LogP contribution is -2.15. The summed E-state index contributed by atoms with van der Waals surface area (Å²) < 4.78 is 3.42. The summed E-state index contributed by atoms with van der Waals surface area (Å²) >= 11 is 0. The first kappa shape index (κ1) is 14.1. The number of aromatic nitrogens is 5. The van der Waals surface area contributed by atoms with Gasteiger partial charge in [0.1, 0.15) is 5.82 Å². The van der Waals surface area contributed by atoms with E-state index >= 15 is 0 Å². The summed E-state index contributed by atoms with van der Waals surface area (Å²) in [6.07, 6.45) is 6.92. The van der Waals surface area contributed by atoms with Gasteiger partial charge in [0.05, 0.1) is 12.7 Å². The number of rotatable bonds is 4. The highest BCUT2D eigenvalue weighted by Crippen LogP contribution is 2.12. The van der Waals surface area contributed by atoms with Crippen LogP contribution in [0.15, 0.2) is 67.3 Å². The first-order chi connectivity index (χ1) is 11.8. The highest BCUT2D eigenvalue weighted by molar-refractivity contribution is 6.03. The van der Waals surface area contributed by atoms with Crippen LogP contribution in [0.4, 0.5) is 5.82 Å². The number of hydrogen-bond donors (Lipinski definition) is 1. The number of hydrogen-bond acceptors (Lipinski definition) is 4. The number of carbonyl (C=O) groups excluding carboxylic acids is 1. The number of fused-ring (bicyclic) bond motifs is 1. The molecule has 4 aromatic rings. The quantitative estimate of drug-likeness (QED) is 0.626. The Morgan fingerprint density at radius 3 is 2.67 bits per heavy atom. The Morgan fingerprint density at radius 1 is 1.00 bits per heavy atom. The molecule has 1 aromatic carbocycles. The van der Waals surface area contributed by atoms with Gasteiger partial charge in [-0.1, -0.05) is 12.1 Å². The van der Waals surface area contributed by atoms with Gasteiger partial charge in [-0.25, -0.2) is 4.98 Å². The summed E-state index contributed by atoms with van der Waals surface area (Å²) in [4.78, 5) is 16.6. The largest absolute Gasteiger partial charge is 0.306 e. The van der Waals surface area contributed by atoms with Crippen LogP contribution in [-0.4, -0.2) is 30.3 Å². The highest BCUT2D eigenvalue weighted by Gasteiger charge is 2.09. The minimum atomic E-state index is -0.191. The van der Waals surface area contributed by atoms with E-state index in [4.69, 9.17) is 0 Å². The van der Waals surface area contributed by atoms with E-state index in [9.17, 15) is 4.79 Å². The molecule has 0 spiro atoms. The smallest absolute Gasteiger partial charge is 0.256 e. The fourth-order valence-electron chi connectivity index (χ4n) is 2.46. The van der Waals surface area contributed by atoms with Gasteiger partial charge in [0.15, 0.2) is 5.65 Å². The van der Waals surface area contributed by atoms with Gasteiger partial charge in [-0.2, -0.15) is 14.7 Å². The minimum absolute atomic E-state index is 0.191. The second-order valence-electron chi connectivity index (χ2n) is 5.29. The van der Waals surface area contributed by atoms with Crippen molar-refractivity contribution >= 4 is 17.4 Å². The van der Waals surface area contributed by atoms with Crippen molar-refractivity contribution in [3.63, 3.8) is 0 Å². The maximum absolute atomic E-state index is 12.4. The fourth-order valence-corrected chi connectivity index (χ4v) is 2.46. The van der Waals surface area contributed by atoms with E-state index in [1.54, 1.807) is 47.4 Å². The van der Waals surface area contributed by atoms with Crippen molar-refractivity contribution in [1.82, 2.24) is 24.4 Å². The fraction of sp³-hybridized carbons (Fsp3) is 0.0588. The number of carbonyl (C=O) groups is 1. The summed E-state index contributed by atoms with van der Waals surface area (Å²) in [7, 11) is 0. The summed E-state index contributed by atoms with van der Waals surface area (Å²) in [5.41, 5.74) is 2.34. The highest BCUT2D eigenvalue weighted by atomic mass is 16.1. The van der Waals surface area contributed by atoms with Crippen LogP contribution in [0.1, 0.15) is 15.9 Å². The van der Waals surface area contributed by atoms with Gasteiger partial charge in [0.2, 0.25) is 0 Å². The van der Waals surface area contributed by atoms with Gasteiger partial charge in [-0.05, 0) is 29.8 Å². The number of nitrogens with one attached hydrogen (secondary N) is 1. The van der Waals surface area contributed by atoms with Crippen molar-refractivity contribution in [3.8, 4) is 0 Å². The summed E-state index contributed by atoms with van der Waals surface area (Å²) in [6.45, 7) is 0.674. The van der Waals surface area contributed by atoms with Crippen LogP contribution < -0.4 is 5.32 Å². The molecule has 0 unspecified atom stereocenters. The molecule has 0 radical (unpaired) electrons. The summed E-state index contributed by atoms with van der Waals surface area (Å²) in [6, 6.07) is 12.8. The molecule has 0 saturated carbocycles. The van der Waals surface area contributed by atoms with Crippen molar-refractivity contribution in [2.24, 2.45) is 0 Å². The molecule has 24 heavy (non-hydrogen) atoms. The van der Waals surface area contributed by atoms with E-state index in [2.05, 4.69) is 20.5 Å². The molecule has 3 aromatic heterocycles. The van der Waals surface area contributed by atoms with Crippen LogP contribution in [-0.2, 0) is 6.54 Å². The lowest BCUT2D eigenvalue weighted by molar-refractivity contribution is 0.102. The van der Waals surface area contributed by atoms with Crippen molar-refractivity contribution in [2.45, 2.75) is 6.54 Å². The maximum Gasteiger partial charge on any atom is 0.256 e. The Kier molecular flexibility index (Phi) is 3.51. The predicted molar refractivity (Wildman–Crippen MR) is 88.7 cm³/mol. The normalized spacial score (nSPS) is 10.8. The Morgan fingerprint density at radius 2 is 1.88 bits per heavy atom. The summed E-state index contributed by atoms with van der Waals surface area (Å²) in [5.74, 6) is 0.388. The topological polar surface area (TPSA) is 77.1 Å². The second-order valence-corrected chi connectivity index (χ2v) is 5.29. The number of anilines is 1. The lowest BCUT2D eigenvalue weighted by atomic mass is 10.1. The maximum atomic E-state index is 12.4. The average molecular weight is 318 g/mol. The molecule has 0 atom stereocenters. The van der Waals surface area contributed by atoms with Crippen LogP contribution in [0.3, 0.4) is 0 Å². The van der Waals surface area contributed by atoms with E-state index in [1.165, 1.54) is 0 Å². The second kappa shape index (κ2) is 5.96. The molecule has 0 fully saturated rings. The van der Waals surface area contributed by atoms with Gasteiger partial charge in [-0.3, -0.25) is 9.48 Å². The third-order valence-electron chi connectivity index (χ3n) is 3.65. The molecule has 0 aliphatic carbocycles. The van der Waals surface area contributed by atoms with Crippen LogP contribution in [0, 0.1) is 0 Å². The molecule has 7 nitrogen and oxygen atoms in total. The number of benzene rings is 1. The molecular weight excluding hydrogens is 304 g/mol. The zero-order valence-electron chi connectivity index (χ0n) is 12.7. The minimum Gasteiger partial charge on any atom is -0.306 e.